The highest BCUT2D eigenvalue weighted by Gasteiger charge is 2.27. The third kappa shape index (κ3) is 4.20. The van der Waals surface area contributed by atoms with Crippen LogP contribution in [0.3, 0.4) is 0 Å². The van der Waals surface area contributed by atoms with Crippen molar-refractivity contribution in [2.75, 3.05) is 6.54 Å². The van der Waals surface area contributed by atoms with E-state index in [2.05, 4.69) is 19.2 Å². The van der Waals surface area contributed by atoms with Gasteiger partial charge in [0.15, 0.2) is 0 Å². The SMILES string of the molecule is CC1(C)CCCC(NCC(Cl)=CCl)C1. The highest BCUT2D eigenvalue weighted by atomic mass is 35.5. The summed E-state index contributed by atoms with van der Waals surface area (Å²) in [6, 6.07) is 0.601. The molecule has 1 rings (SSSR count). The average Bonchev–Trinajstić information content (AvgIpc) is 2.12. The predicted octanol–water partition coefficient (Wildman–Crippen LogP) is 3.86. The standard InChI is InChI=1S/C11H19Cl2N/c1-11(2)5-3-4-10(6-11)14-8-9(13)7-12/h7,10,14H,3-6,8H2,1-2H3. The number of nitrogens with one attached hydrogen (secondary N) is 1. The van der Waals surface area contributed by atoms with Crippen molar-refractivity contribution in [3.05, 3.63) is 10.6 Å². The van der Waals surface area contributed by atoms with Gasteiger partial charge in [0, 0.05) is 23.2 Å². The molecule has 1 N–H and O–H groups in total. The van der Waals surface area contributed by atoms with Crippen LogP contribution in [0.5, 0.6) is 0 Å². The lowest BCUT2D eigenvalue weighted by Crippen LogP contribution is -2.37. The van der Waals surface area contributed by atoms with Crippen molar-refractivity contribution in [3.8, 4) is 0 Å². The van der Waals surface area contributed by atoms with Crippen LogP contribution in [0.4, 0.5) is 0 Å². The first-order chi connectivity index (χ1) is 6.53. The van der Waals surface area contributed by atoms with Gasteiger partial charge < -0.3 is 5.32 Å². The molecule has 1 atom stereocenters. The fraction of sp³-hybridized carbons (Fsp3) is 0.818. The smallest absolute Gasteiger partial charge is 0.0431 e. The van der Waals surface area contributed by atoms with Crippen molar-refractivity contribution in [2.45, 2.75) is 45.6 Å². The first-order valence-corrected chi connectivity index (χ1v) is 6.03. The van der Waals surface area contributed by atoms with Crippen LogP contribution in [-0.4, -0.2) is 12.6 Å². The van der Waals surface area contributed by atoms with Gasteiger partial charge in [-0.1, -0.05) is 43.5 Å². The zero-order valence-corrected chi connectivity index (χ0v) is 10.5. The van der Waals surface area contributed by atoms with Crippen LogP contribution in [0.2, 0.25) is 0 Å². The first kappa shape index (κ1) is 12.4. The number of hydrogen-bond acceptors (Lipinski definition) is 1. The Morgan fingerprint density at radius 2 is 2.29 bits per heavy atom. The van der Waals surface area contributed by atoms with Crippen molar-refractivity contribution in [2.24, 2.45) is 5.41 Å². The van der Waals surface area contributed by atoms with E-state index >= 15 is 0 Å². The van der Waals surface area contributed by atoms with Crippen LogP contribution in [0.15, 0.2) is 10.6 Å². The summed E-state index contributed by atoms with van der Waals surface area (Å²) in [7, 11) is 0. The van der Waals surface area contributed by atoms with Gasteiger partial charge in [-0.15, -0.1) is 0 Å². The molecule has 1 nitrogen and oxygen atoms in total. The molecule has 0 radical (unpaired) electrons. The van der Waals surface area contributed by atoms with Crippen molar-refractivity contribution in [3.63, 3.8) is 0 Å². The Labute approximate surface area is 96.8 Å². The van der Waals surface area contributed by atoms with Gasteiger partial charge in [0.25, 0.3) is 0 Å². The Morgan fingerprint density at radius 1 is 1.57 bits per heavy atom. The largest absolute Gasteiger partial charge is 0.309 e. The third-order valence-electron chi connectivity index (χ3n) is 2.88. The molecule has 14 heavy (non-hydrogen) atoms. The summed E-state index contributed by atoms with van der Waals surface area (Å²) in [5.74, 6) is 0. The molecule has 3 heteroatoms. The van der Waals surface area contributed by atoms with Gasteiger partial charge in [-0.2, -0.15) is 0 Å². The van der Waals surface area contributed by atoms with Gasteiger partial charge in [-0.05, 0) is 24.7 Å². The molecule has 0 aliphatic heterocycles. The highest BCUT2D eigenvalue weighted by Crippen LogP contribution is 2.35. The van der Waals surface area contributed by atoms with Gasteiger partial charge in [0.05, 0.1) is 0 Å². The van der Waals surface area contributed by atoms with E-state index in [1.54, 1.807) is 0 Å². The first-order valence-electron chi connectivity index (χ1n) is 5.22. The van der Waals surface area contributed by atoms with E-state index in [1.165, 1.54) is 31.2 Å². The number of rotatable bonds is 3. The molecule has 0 bridgehead atoms. The van der Waals surface area contributed by atoms with Crippen molar-refractivity contribution < 1.29 is 0 Å². The summed E-state index contributed by atoms with van der Waals surface area (Å²) in [5, 5.41) is 4.13. The maximum Gasteiger partial charge on any atom is 0.0431 e. The molecule has 0 spiro atoms. The summed E-state index contributed by atoms with van der Waals surface area (Å²) < 4.78 is 0. The van der Waals surface area contributed by atoms with Crippen molar-refractivity contribution >= 4 is 23.2 Å². The van der Waals surface area contributed by atoms with Gasteiger partial charge in [0.1, 0.15) is 0 Å². The van der Waals surface area contributed by atoms with Crippen LogP contribution in [0, 0.1) is 5.41 Å². The molecule has 0 saturated heterocycles. The lowest BCUT2D eigenvalue weighted by atomic mass is 9.75. The third-order valence-corrected chi connectivity index (χ3v) is 3.50. The molecule has 1 unspecified atom stereocenters. The van der Waals surface area contributed by atoms with Crippen LogP contribution >= 0.6 is 23.2 Å². The minimum absolute atomic E-state index is 0.479. The lowest BCUT2D eigenvalue weighted by molar-refractivity contribution is 0.201. The molecular weight excluding hydrogens is 217 g/mol. The molecule has 82 valence electrons. The normalized spacial score (nSPS) is 27.7. The van der Waals surface area contributed by atoms with Gasteiger partial charge in [-0.3, -0.25) is 0 Å². The molecule has 0 aromatic rings. The Hall–Kier alpha value is 0.280. The van der Waals surface area contributed by atoms with Gasteiger partial charge >= 0.3 is 0 Å². The van der Waals surface area contributed by atoms with Crippen LogP contribution in [-0.2, 0) is 0 Å². The zero-order valence-electron chi connectivity index (χ0n) is 8.95. The van der Waals surface area contributed by atoms with Crippen LogP contribution in [0.1, 0.15) is 39.5 Å². The van der Waals surface area contributed by atoms with E-state index < -0.39 is 0 Å². The average molecular weight is 236 g/mol. The van der Waals surface area contributed by atoms with E-state index in [0.29, 0.717) is 23.0 Å². The Bertz CT molecular complexity index is 211. The maximum absolute atomic E-state index is 5.82. The fourth-order valence-corrected chi connectivity index (χ4v) is 2.31. The summed E-state index contributed by atoms with van der Waals surface area (Å²) in [6.07, 6.45) is 5.15. The number of halogens is 2. The second kappa shape index (κ2) is 5.39. The summed E-state index contributed by atoms with van der Waals surface area (Å²) in [4.78, 5) is 0. The summed E-state index contributed by atoms with van der Waals surface area (Å²) >= 11 is 11.3. The van der Waals surface area contributed by atoms with Crippen LogP contribution < -0.4 is 5.32 Å². The molecule has 0 amide bonds. The molecule has 1 fully saturated rings. The van der Waals surface area contributed by atoms with E-state index in [1.807, 2.05) is 0 Å². The second-order valence-corrected chi connectivity index (χ2v) is 5.60. The number of hydrogen-bond donors (Lipinski definition) is 1. The van der Waals surface area contributed by atoms with E-state index in [0.717, 1.165) is 0 Å². The van der Waals surface area contributed by atoms with E-state index in [9.17, 15) is 0 Å². The van der Waals surface area contributed by atoms with Gasteiger partial charge in [-0.25, -0.2) is 0 Å². The molecule has 1 saturated carbocycles. The maximum atomic E-state index is 5.82. The molecule has 0 aromatic heterocycles. The van der Waals surface area contributed by atoms with Crippen LogP contribution in [0.25, 0.3) is 0 Å². The Morgan fingerprint density at radius 3 is 2.86 bits per heavy atom. The molecular formula is C11H19Cl2N. The monoisotopic (exact) mass is 235 g/mol. The molecule has 1 aliphatic rings. The lowest BCUT2D eigenvalue weighted by Gasteiger charge is -2.35. The minimum atomic E-state index is 0.479. The topological polar surface area (TPSA) is 12.0 Å². The molecule has 0 aromatic carbocycles. The molecule has 1 aliphatic carbocycles. The van der Waals surface area contributed by atoms with Crippen molar-refractivity contribution in [1.29, 1.82) is 0 Å². The van der Waals surface area contributed by atoms with E-state index in [4.69, 9.17) is 23.2 Å². The Balaban J connectivity index is 2.31. The molecule has 0 heterocycles. The van der Waals surface area contributed by atoms with Gasteiger partial charge in [0.2, 0.25) is 0 Å². The predicted molar refractivity (Wildman–Crippen MR) is 63.8 cm³/mol. The zero-order chi connectivity index (χ0) is 10.6. The van der Waals surface area contributed by atoms with E-state index in [-0.39, 0.29) is 0 Å². The minimum Gasteiger partial charge on any atom is -0.309 e. The summed E-state index contributed by atoms with van der Waals surface area (Å²) in [5.41, 5.74) is 1.91. The second-order valence-electron chi connectivity index (χ2n) is 4.89. The quantitative estimate of drug-likeness (QED) is 0.784. The highest BCUT2D eigenvalue weighted by molar-refractivity contribution is 6.36. The fourth-order valence-electron chi connectivity index (χ4n) is 2.15. The Kier molecular flexibility index (Phi) is 4.75. The van der Waals surface area contributed by atoms with Crippen molar-refractivity contribution in [1.82, 2.24) is 5.32 Å². The summed E-state index contributed by atoms with van der Waals surface area (Å²) in [6.45, 7) is 5.37.